The lowest BCUT2D eigenvalue weighted by Crippen LogP contribution is -2.36. The fraction of sp³-hybridized carbons (Fsp3) is 0.375. The highest BCUT2D eigenvalue weighted by atomic mass is 19.1. The topological polar surface area (TPSA) is 62.2 Å². The molecule has 1 aliphatic rings. The van der Waals surface area contributed by atoms with Crippen LogP contribution >= 0.6 is 0 Å². The van der Waals surface area contributed by atoms with Crippen molar-refractivity contribution in [2.45, 2.75) is 19.0 Å². The Morgan fingerprint density at radius 3 is 2.91 bits per heavy atom. The summed E-state index contributed by atoms with van der Waals surface area (Å²) >= 11 is 0. The van der Waals surface area contributed by atoms with E-state index in [9.17, 15) is 9.18 Å². The average Bonchev–Trinajstić information content (AvgIpc) is 3.05. The van der Waals surface area contributed by atoms with Crippen molar-refractivity contribution in [3.05, 3.63) is 54.1 Å². The highest BCUT2D eigenvalue weighted by Crippen LogP contribution is 2.18. The van der Waals surface area contributed by atoms with Crippen LogP contribution in [0.1, 0.15) is 22.6 Å². The fourth-order valence-electron chi connectivity index (χ4n) is 2.76. The van der Waals surface area contributed by atoms with E-state index in [1.165, 1.54) is 12.3 Å². The maximum atomic E-state index is 13.2. The van der Waals surface area contributed by atoms with Crippen LogP contribution in [-0.4, -0.2) is 56.8 Å². The predicted octanol–water partition coefficient (Wildman–Crippen LogP) is 1.36. The molecule has 23 heavy (non-hydrogen) atoms. The minimum Gasteiger partial charge on any atom is -0.337 e. The van der Waals surface area contributed by atoms with Crippen LogP contribution in [0.25, 0.3) is 0 Å². The maximum absolute atomic E-state index is 13.2. The van der Waals surface area contributed by atoms with Crippen LogP contribution in [0.4, 0.5) is 4.39 Å². The number of carbonyl (C=O) groups is 1. The van der Waals surface area contributed by atoms with Crippen LogP contribution in [-0.2, 0) is 6.54 Å². The van der Waals surface area contributed by atoms with E-state index in [1.807, 2.05) is 7.05 Å². The largest absolute Gasteiger partial charge is 0.337 e. The van der Waals surface area contributed by atoms with E-state index in [4.69, 9.17) is 0 Å². The SMILES string of the molecule is CN(Cc1ncccn1)[C@@H]1CCN(C(=O)c2cncc(F)c2)C1. The zero-order valence-electron chi connectivity index (χ0n) is 12.9. The van der Waals surface area contributed by atoms with Gasteiger partial charge in [0.1, 0.15) is 11.6 Å². The second-order valence-corrected chi connectivity index (χ2v) is 5.67. The number of pyridine rings is 1. The Kier molecular flexibility index (Phi) is 4.57. The number of likely N-dealkylation sites (tertiary alicyclic amines) is 1. The molecule has 1 fully saturated rings. The van der Waals surface area contributed by atoms with E-state index in [1.54, 1.807) is 23.4 Å². The van der Waals surface area contributed by atoms with Gasteiger partial charge in [0.25, 0.3) is 5.91 Å². The third kappa shape index (κ3) is 3.68. The van der Waals surface area contributed by atoms with Crippen molar-refractivity contribution in [1.82, 2.24) is 24.8 Å². The van der Waals surface area contributed by atoms with E-state index in [-0.39, 0.29) is 11.9 Å². The van der Waals surface area contributed by atoms with Crippen molar-refractivity contribution in [3.63, 3.8) is 0 Å². The van der Waals surface area contributed by atoms with Gasteiger partial charge in [0.2, 0.25) is 0 Å². The zero-order chi connectivity index (χ0) is 16.2. The molecule has 0 bridgehead atoms. The van der Waals surface area contributed by atoms with Crippen molar-refractivity contribution in [2.75, 3.05) is 20.1 Å². The molecular formula is C16H18FN5O. The number of nitrogens with zero attached hydrogens (tertiary/aromatic N) is 5. The van der Waals surface area contributed by atoms with Gasteiger partial charge in [0.05, 0.1) is 18.3 Å². The Morgan fingerprint density at radius 2 is 2.17 bits per heavy atom. The molecule has 0 spiro atoms. The van der Waals surface area contributed by atoms with Gasteiger partial charge in [0, 0.05) is 37.7 Å². The van der Waals surface area contributed by atoms with Gasteiger partial charge in [-0.05, 0) is 25.6 Å². The molecule has 3 rings (SSSR count). The highest BCUT2D eigenvalue weighted by molar-refractivity contribution is 5.94. The number of hydrogen-bond acceptors (Lipinski definition) is 5. The summed E-state index contributed by atoms with van der Waals surface area (Å²) in [7, 11) is 2.00. The molecular weight excluding hydrogens is 297 g/mol. The van der Waals surface area contributed by atoms with Gasteiger partial charge in [0.15, 0.2) is 0 Å². The third-order valence-electron chi connectivity index (χ3n) is 4.04. The molecule has 0 unspecified atom stereocenters. The van der Waals surface area contributed by atoms with E-state index in [2.05, 4.69) is 19.9 Å². The first kappa shape index (κ1) is 15.5. The van der Waals surface area contributed by atoms with Crippen molar-refractivity contribution in [3.8, 4) is 0 Å². The summed E-state index contributed by atoms with van der Waals surface area (Å²) in [6, 6.07) is 3.25. The molecule has 120 valence electrons. The molecule has 1 atom stereocenters. The first-order valence-corrected chi connectivity index (χ1v) is 7.49. The second kappa shape index (κ2) is 6.78. The second-order valence-electron chi connectivity index (χ2n) is 5.67. The Balaban J connectivity index is 1.60. The predicted molar refractivity (Wildman–Crippen MR) is 82.0 cm³/mol. The maximum Gasteiger partial charge on any atom is 0.255 e. The standard InChI is InChI=1S/C16H18FN5O/c1-21(11-15-19-4-2-5-20-15)14-3-6-22(10-14)16(23)12-7-13(17)9-18-8-12/h2,4-5,7-9,14H,3,6,10-11H2,1H3/t14-/m1/s1. The number of likely N-dealkylation sites (N-methyl/N-ethyl adjacent to an activating group) is 1. The Bertz CT molecular complexity index is 681. The summed E-state index contributed by atoms with van der Waals surface area (Å²) in [5, 5.41) is 0. The molecule has 7 heteroatoms. The van der Waals surface area contributed by atoms with Gasteiger partial charge in [-0.1, -0.05) is 0 Å². The van der Waals surface area contributed by atoms with Crippen LogP contribution in [0.15, 0.2) is 36.9 Å². The van der Waals surface area contributed by atoms with Crippen LogP contribution < -0.4 is 0 Å². The summed E-state index contributed by atoms with van der Waals surface area (Å²) in [6.45, 7) is 1.90. The highest BCUT2D eigenvalue weighted by Gasteiger charge is 2.29. The van der Waals surface area contributed by atoms with Crippen molar-refractivity contribution in [2.24, 2.45) is 0 Å². The number of amides is 1. The summed E-state index contributed by atoms with van der Waals surface area (Å²) in [5.41, 5.74) is 0.291. The summed E-state index contributed by atoms with van der Waals surface area (Å²) in [6.07, 6.45) is 6.81. The van der Waals surface area contributed by atoms with E-state index >= 15 is 0 Å². The zero-order valence-corrected chi connectivity index (χ0v) is 12.9. The lowest BCUT2D eigenvalue weighted by Gasteiger charge is -2.23. The van der Waals surface area contributed by atoms with Gasteiger partial charge >= 0.3 is 0 Å². The third-order valence-corrected chi connectivity index (χ3v) is 4.04. The summed E-state index contributed by atoms with van der Waals surface area (Å²) in [5.74, 6) is 0.0860. The lowest BCUT2D eigenvalue weighted by molar-refractivity contribution is 0.0778. The van der Waals surface area contributed by atoms with Crippen LogP contribution in [0.3, 0.4) is 0 Å². The average molecular weight is 315 g/mol. The van der Waals surface area contributed by atoms with Gasteiger partial charge < -0.3 is 4.90 Å². The molecule has 0 radical (unpaired) electrons. The molecule has 1 aliphatic heterocycles. The summed E-state index contributed by atoms with van der Waals surface area (Å²) < 4.78 is 13.2. The van der Waals surface area contributed by atoms with Gasteiger partial charge in [-0.3, -0.25) is 14.7 Å². The summed E-state index contributed by atoms with van der Waals surface area (Å²) in [4.78, 5) is 28.5. The van der Waals surface area contributed by atoms with Crippen LogP contribution in [0.2, 0.25) is 0 Å². The lowest BCUT2D eigenvalue weighted by atomic mass is 10.2. The van der Waals surface area contributed by atoms with E-state index in [0.717, 1.165) is 18.4 Å². The molecule has 2 aromatic heterocycles. The van der Waals surface area contributed by atoms with Gasteiger partial charge in [-0.15, -0.1) is 0 Å². The molecule has 1 saturated heterocycles. The quantitative estimate of drug-likeness (QED) is 0.852. The molecule has 6 nitrogen and oxygen atoms in total. The van der Waals surface area contributed by atoms with Crippen molar-refractivity contribution < 1.29 is 9.18 Å². The Hall–Kier alpha value is -2.41. The number of carbonyl (C=O) groups excluding carboxylic acids is 1. The van der Waals surface area contributed by atoms with Crippen LogP contribution in [0, 0.1) is 5.82 Å². The fourth-order valence-corrected chi connectivity index (χ4v) is 2.76. The molecule has 0 N–H and O–H groups in total. The van der Waals surface area contributed by atoms with Crippen LogP contribution in [0.5, 0.6) is 0 Å². The first-order chi connectivity index (χ1) is 11.1. The van der Waals surface area contributed by atoms with Gasteiger partial charge in [-0.2, -0.15) is 0 Å². The van der Waals surface area contributed by atoms with E-state index in [0.29, 0.717) is 25.2 Å². The Labute approximate surface area is 134 Å². The molecule has 3 heterocycles. The molecule has 0 aliphatic carbocycles. The number of halogens is 1. The van der Waals surface area contributed by atoms with Crippen molar-refractivity contribution in [1.29, 1.82) is 0 Å². The minimum atomic E-state index is -0.495. The molecule has 2 aromatic rings. The van der Waals surface area contributed by atoms with Crippen molar-refractivity contribution >= 4 is 5.91 Å². The first-order valence-electron chi connectivity index (χ1n) is 7.49. The van der Waals surface area contributed by atoms with Gasteiger partial charge in [-0.25, -0.2) is 14.4 Å². The number of hydrogen-bond donors (Lipinski definition) is 0. The smallest absolute Gasteiger partial charge is 0.255 e. The molecule has 0 aromatic carbocycles. The minimum absolute atomic E-state index is 0.177. The normalized spacial score (nSPS) is 17.7. The number of aromatic nitrogens is 3. The molecule has 0 saturated carbocycles. The monoisotopic (exact) mass is 315 g/mol. The Morgan fingerprint density at radius 1 is 1.39 bits per heavy atom. The number of rotatable bonds is 4. The van der Waals surface area contributed by atoms with E-state index < -0.39 is 5.82 Å². The molecule has 1 amide bonds.